The van der Waals surface area contributed by atoms with Crippen LogP contribution in [0, 0.1) is 5.82 Å². The summed E-state index contributed by atoms with van der Waals surface area (Å²) in [4.78, 5) is 17.8. The largest absolute Gasteiger partial charge is 0.490 e. The van der Waals surface area contributed by atoms with Gasteiger partial charge in [0.05, 0.1) is 0 Å². The zero-order valence-corrected chi connectivity index (χ0v) is 15.9. The SMILES string of the molecule is CCC(=O)N1CCC(Oc2ccc(-c3ccc4cccnc4c3F)cc2)CC1. The third kappa shape index (κ3) is 3.70. The highest BCUT2D eigenvalue weighted by molar-refractivity contribution is 5.85. The van der Waals surface area contributed by atoms with Gasteiger partial charge in [0.25, 0.3) is 0 Å². The normalized spacial score (nSPS) is 15.0. The van der Waals surface area contributed by atoms with E-state index in [0.717, 1.165) is 42.6 Å². The Bertz CT molecular complexity index is 980. The molecule has 0 saturated carbocycles. The fourth-order valence-corrected chi connectivity index (χ4v) is 3.68. The van der Waals surface area contributed by atoms with E-state index in [9.17, 15) is 9.18 Å². The van der Waals surface area contributed by atoms with Crippen LogP contribution in [0.5, 0.6) is 5.75 Å². The predicted molar refractivity (Wildman–Crippen MR) is 108 cm³/mol. The molecule has 2 aromatic carbocycles. The lowest BCUT2D eigenvalue weighted by atomic mass is 10.0. The minimum absolute atomic E-state index is 0.105. The second-order valence-corrected chi connectivity index (χ2v) is 7.08. The van der Waals surface area contributed by atoms with Crippen LogP contribution in [0.2, 0.25) is 0 Å². The number of carbonyl (C=O) groups is 1. The standard InChI is InChI=1S/C23H23FN2O2/c1-2-21(27)26-14-11-19(12-15-26)28-18-8-5-16(6-9-18)20-10-7-17-4-3-13-25-23(17)22(20)24/h3-10,13,19H,2,11-12,14-15H2,1H3. The van der Waals surface area contributed by atoms with E-state index >= 15 is 0 Å². The molecule has 1 amide bonds. The van der Waals surface area contributed by atoms with Gasteiger partial charge >= 0.3 is 0 Å². The topological polar surface area (TPSA) is 42.4 Å². The van der Waals surface area contributed by atoms with Crippen LogP contribution < -0.4 is 4.74 Å². The van der Waals surface area contributed by atoms with Crippen molar-refractivity contribution >= 4 is 16.8 Å². The molecular formula is C23H23FN2O2. The van der Waals surface area contributed by atoms with E-state index in [1.165, 1.54) is 0 Å². The molecule has 5 heteroatoms. The number of likely N-dealkylation sites (tertiary alicyclic amines) is 1. The number of piperidine rings is 1. The van der Waals surface area contributed by atoms with Crippen molar-refractivity contribution in [2.75, 3.05) is 13.1 Å². The van der Waals surface area contributed by atoms with Gasteiger partial charge in [0.15, 0.2) is 5.82 Å². The Morgan fingerprint density at radius 1 is 1.14 bits per heavy atom. The zero-order valence-electron chi connectivity index (χ0n) is 15.9. The van der Waals surface area contributed by atoms with Crippen molar-refractivity contribution in [1.82, 2.24) is 9.88 Å². The van der Waals surface area contributed by atoms with Crippen molar-refractivity contribution in [2.45, 2.75) is 32.3 Å². The summed E-state index contributed by atoms with van der Waals surface area (Å²) in [5.74, 6) is 0.665. The highest BCUT2D eigenvalue weighted by atomic mass is 19.1. The quantitative estimate of drug-likeness (QED) is 0.654. The molecule has 1 fully saturated rings. The summed E-state index contributed by atoms with van der Waals surface area (Å²) < 4.78 is 20.9. The smallest absolute Gasteiger partial charge is 0.222 e. The predicted octanol–water partition coefficient (Wildman–Crippen LogP) is 4.82. The molecule has 0 N–H and O–H groups in total. The van der Waals surface area contributed by atoms with Crippen LogP contribution in [0.3, 0.4) is 0 Å². The number of rotatable bonds is 4. The molecule has 4 rings (SSSR count). The van der Waals surface area contributed by atoms with Gasteiger partial charge in [0.2, 0.25) is 5.91 Å². The summed E-state index contributed by atoms with van der Waals surface area (Å²) in [6.45, 7) is 3.37. The maximum absolute atomic E-state index is 14.8. The lowest BCUT2D eigenvalue weighted by Gasteiger charge is -2.32. The van der Waals surface area contributed by atoms with Gasteiger partial charge in [0, 0.05) is 49.5 Å². The molecular weight excluding hydrogens is 355 g/mol. The van der Waals surface area contributed by atoms with Crippen LogP contribution in [0.1, 0.15) is 26.2 Å². The summed E-state index contributed by atoms with van der Waals surface area (Å²) in [6, 6.07) is 14.8. The van der Waals surface area contributed by atoms with Gasteiger partial charge in [-0.3, -0.25) is 9.78 Å². The van der Waals surface area contributed by atoms with E-state index in [0.29, 0.717) is 17.5 Å². The first-order valence-corrected chi connectivity index (χ1v) is 9.74. The fourth-order valence-electron chi connectivity index (χ4n) is 3.68. The van der Waals surface area contributed by atoms with Gasteiger partial charge in [-0.15, -0.1) is 0 Å². The molecule has 28 heavy (non-hydrogen) atoms. The van der Waals surface area contributed by atoms with Crippen LogP contribution in [-0.2, 0) is 4.79 Å². The molecule has 0 atom stereocenters. The number of ether oxygens (including phenoxy) is 1. The third-order valence-electron chi connectivity index (χ3n) is 5.28. The van der Waals surface area contributed by atoms with Crippen LogP contribution in [-0.4, -0.2) is 35.0 Å². The lowest BCUT2D eigenvalue weighted by Crippen LogP contribution is -2.41. The van der Waals surface area contributed by atoms with Gasteiger partial charge in [-0.1, -0.05) is 37.3 Å². The number of hydrogen-bond donors (Lipinski definition) is 0. The Morgan fingerprint density at radius 3 is 2.61 bits per heavy atom. The number of amides is 1. The highest BCUT2D eigenvalue weighted by Gasteiger charge is 2.23. The Hall–Kier alpha value is -2.95. The van der Waals surface area contributed by atoms with Gasteiger partial charge in [-0.25, -0.2) is 4.39 Å². The molecule has 0 bridgehead atoms. The lowest BCUT2D eigenvalue weighted by molar-refractivity contribution is -0.132. The first-order valence-electron chi connectivity index (χ1n) is 9.74. The van der Waals surface area contributed by atoms with Crippen molar-refractivity contribution in [2.24, 2.45) is 0 Å². The van der Waals surface area contributed by atoms with Crippen molar-refractivity contribution in [3.63, 3.8) is 0 Å². The molecule has 1 aliphatic heterocycles. The number of aromatic nitrogens is 1. The van der Waals surface area contributed by atoms with Gasteiger partial charge in [-0.05, 0) is 23.8 Å². The van der Waals surface area contributed by atoms with Crippen molar-refractivity contribution < 1.29 is 13.9 Å². The monoisotopic (exact) mass is 378 g/mol. The molecule has 0 unspecified atom stereocenters. The number of fused-ring (bicyclic) bond motifs is 1. The van der Waals surface area contributed by atoms with Gasteiger partial charge < -0.3 is 9.64 Å². The Morgan fingerprint density at radius 2 is 1.89 bits per heavy atom. The van der Waals surface area contributed by atoms with Crippen molar-refractivity contribution in [3.05, 3.63) is 60.5 Å². The van der Waals surface area contributed by atoms with Crippen molar-refractivity contribution in [3.8, 4) is 16.9 Å². The second-order valence-electron chi connectivity index (χ2n) is 7.08. The van der Waals surface area contributed by atoms with Crippen LogP contribution in [0.15, 0.2) is 54.7 Å². The zero-order chi connectivity index (χ0) is 19.5. The Kier molecular flexibility index (Phi) is 5.24. The summed E-state index contributed by atoms with van der Waals surface area (Å²) in [7, 11) is 0. The van der Waals surface area contributed by atoms with E-state index < -0.39 is 0 Å². The summed E-state index contributed by atoms with van der Waals surface area (Å²) in [6.07, 6.45) is 3.92. The third-order valence-corrected chi connectivity index (χ3v) is 5.28. The van der Waals surface area contributed by atoms with E-state index in [-0.39, 0.29) is 17.8 Å². The molecule has 3 aromatic rings. The van der Waals surface area contributed by atoms with Crippen LogP contribution in [0.25, 0.3) is 22.0 Å². The number of halogens is 1. The van der Waals surface area contributed by atoms with Gasteiger partial charge in [-0.2, -0.15) is 0 Å². The van der Waals surface area contributed by atoms with E-state index in [4.69, 9.17) is 4.74 Å². The molecule has 1 saturated heterocycles. The fraction of sp³-hybridized carbons (Fsp3) is 0.304. The first kappa shape index (κ1) is 18.4. The van der Waals surface area contributed by atoms with E-state index in [1.807, 2.05) is 48.2 Å². The number of nitrogens with zero attached hydrogens (tertiary/aromatic N) is 2. The van der Waals surface area contributed by atoms with Gasteiger partial charge in [0.1, 0.15) is 17.4 Å². The first-order chi connectivity index (χ1) is 13.7. The molecule has 0 spiro atoms. The van der Waals surface area contributed by atoms with Crippen molar-refractivity contribution in [1.29, 1.82) is 0 Å². The molecule has 4 nitrogen and oxygen atoms in total. The summed E-state index contributed by atoms with van der Waals surface area (Å²) >= 11 is 0. The molecule has 1 aliphatic rings. The second kappa shape index (κ2) is 7.97. The molecule has 0 radical (unpaired) electrons. The number of benzene rings is 2. The number of hydrogen-bond acceptors (Lipinski definition) is 3. The minimum Gasteiger partial charge on any atom is -0.490 e. The Balaban J connectivity index is 1.45. The maximum Gasteiger partial charge on any atom is 0.222 e. The number of pyridine rings is 1. The minimum atomic E-state index is -0.306. The maximum atomic E-state index is 14.8. The molecule has 2 heterocycles. The number of carbonyl (C=O) groups excluding carboxylic acids is 1. The molecule has 144 valence electrons. The van der Waals surface area contributed by atoms with Crippen LogP contribution in [0.4, 0.5) is 4.39 Å². The summed E-state index contributed by atoms with van der Waals surface area (Å²) in [5.41, 5.74) is 1.71. The van der Waals surface area contributed by atoms with E-state index in [1.54, 1.807) is 18.3 Å². The average molecular weight is 378 g/mol. The molecule has 1 aromatic heterocycles. The Labute approximate surface area is 164 Å². The summed E-state index contributed by atoms with van der Waals surface area (Å²) in [5, 5.41) is 0.789. The van der Waals surface area contributed by atoms with Crippen LogP contribution >= 0.6 is 0 Å². The van der Waals surface area contributed by atoms with E-state index in [2.05, 4.69) is 4.98 Å². The average Bonchev–Trinajstić information content (AvgIpc) is 2.75. The molecule has 0 aliphatic carbocycles. The highest BCUT2D eigenvalue weighted by Crippen LogP contribution is 2.29.